The third-order valence-electron chi connectivity index (χ3n) is 7.97. The van der Waals surface area contributed by atoms with E-state index in [1.807, 2.05) is 0 Å². The Morgan fingerprint density at radius 1 is 0.649 bits per heavy atom. The van der Waals surface area contributed by atoms with Crippen LogP contribution in [0.4, 0.5) is 0 Å². The summed E-state index contributed by atoms with van der Waals surface area (Å²) in [6.07, 6.45) is 2.16. The van der Waals surface area contributed by atoms with Crippen LogP contribution in [0, 0.1) is 20.8 Å². The molecule has 6 rings (SSSR count). The Kier molecular flexibility index (Phi) is 5.38. The predicted octanol–water partition coefficient (Wildman–Crippen LogP) is 8.14. The van der Waals surface area contributed by atoms with Gasteiger partial charge < -0.3 is 0 Å². The molecule has 1 aliphatic rings. The fraction of sp³-hybridized carbons (Fsp3) is 0.200. The average molecular weight is 482 g/mol. The highest BCUT2D eigenvalue weighted by Crippen LogP contribution is 2.49. The molecule has 1 aromatic heterocycles. The maximum absolute atomic E-state index is 5.35. The van der Waals surface area contributed by atoms with E-state index < -0.39 is 0 Å². The fourth-order valence-electron chi connectivity index (χ4n) is 5.93. The second kappa shape index (κ2) is 8.52. The van der Waals surface area contributed by atoms with E-state index in [0.717, 1.165) is 28.2 Å². The molecule has 0 amide bonds. The zero-order valence-corrected chi connectivity index (χ0v) is 22.6. The molecule has 0 saturated carbocycles. The van der Waals surface area contributed by atoms with Gasteiger partial charge in [-0.2, -0.15) is 4.57 Å². The number of fused-ring (bicyclic) bond motifs is 3. The molecule has 1 aliphatic carbocycles. The average Bonchev–Trinajstić information content (AvgIpc) is 3.11. The number of hydrogen-bond acceptors (Lipinski definition) is 1. The predicted molar refractivity (Wildman–Crippen MR) is 153 cm³/mol. The van der Waals surface area contributed by atoms with Crippen molar-refractivity contribution in [3.05, 3.63) is 119 Å². The number of aromatic nitrogens is 2. The summed E-state index contributed by atoms with van der Waals surface area (Å²) < 4.78 is 2.25. The minimum Gasteiger partial charge on any atom is -0.234 e. The summed E-state index contributed by atoms with van der Waals surface area (Å²) in [6, 6.07) is 31.1. The zero-order valence-electron chi connectivity index (χ0n) is 22.6. The zero-order chi connectivity index (χ0) is 25.9. The first-order chi connectivity index (χ1) is 17.7. The summed E-state index contributed by atoms with van der Waals surface area (Å²) in [5.74, 6) is 0. The van der Waals surface area contributed by atoms with Gasteiger partial charge in [-0.15, -0.1) is 0 Å². The van der Waals surface area contributed by atoms with Gasteiger partial charge in [-0.05, 0) is 60.7 Å². The standard InChI is InChI=1S/C35H33N2/c1-22-11-14-25(15-12-22)32-21-37(6)34(27-17-13-23(2)19-24(27)3)33(36-32)26-16-18-29-28-9-7-8-10-30(28)35(4,5)31(29)20-26/h7-21H,1-6H3/q+1. The van der Waals surface area contributed by atoms with Crippen LogP contribution in [0.1, 0.15) is 41.7 Å². The number of aryl methyl sites for hydroxylation is 4. The number of nitrogens with zero attached hydrogens (tertiary/aromatic N) is 2. The lowest BCUT2D eigenvalue weighted by Gasteiger charge is -2.22. The summed E-state index contributed by atoms with van der Waals surface area (Å²) in [4.78, 5) is 5.35. The van der Waals surface area contributed by atoms with Crippen LogP contribution in [0.15, 0.2) is 91.1 Å². The van der Waals surface area contributed by atoms with Crippen molar-refractivity contribution in [3.8, 4) is 44.9 Å². The lowest BCUT2D eigenvalue weighted by molar-refractivity contribution is -0.659. The maximum atomic E-state index is 5.35. The fourth-order valence-corrected chi connectivity index (χ4v) is 5.93. The van der Waals surface area contributed by atoms with E-state index in [1.54, 1.807) is 0 Å². The van der Waals surface area contributed by atoms with Gasteiger partial charge in [-0.3, -0.25) is 0 Å². The van der Waals surface area contributed by atoms with Crippen molar-refractivity contribution in [3.63, 3.8) is 0 Å². The van der Waals surface area contributed by atoms with E-state index in [-0.39, 0.29) is 5.41 Å². The molecule has 0 fully saturated rings. The summed E-state index contributed by atoms with van der Waals surface area (Å²) in [5, 5.41) is 0. The molecule has 0 saturated heterocycles. The Balaban J connectivity index is 1.61. The van der Waals surface area contributed by atoms with E-state index in [9.17, 15) is 0 Å². The smallest absolute Gasteiger partial charge is 0.234 e. The van der Waals surface area contributed by atoms with Crippen LogP contribution in [0.3, 0.4) is 0 Å². The molecule has 0 radical (unpaired) electrons. The monoisotopic (exact) mass is 481 g/mol. The van der Waals surface area contributed by atoms with Crippen LogP contribution in [0.25, 0.3) is 44.9 Å². The summed E-state index contributed by atoms with van der Waals surface area (Å²) >= 11 is 0. The third kappa shape index (κ3) is 3.79. The quantitative estimate of drug-likeness (QED) is 0.238. The van der Waals surface area contributed by atoms with Crippen LogP contribution in [0.2, 0.25) is 0 Å². The van der Waals surface area contributed by atoms with Gasteiger partial charge in [0.25, 0.3) is 0 Å². The van der Waals surface area contributed by atoms with Crippen molar-refractivity contribution in [2.45, 2.75) is 40.0 Å². The van der Waals surface area contributed by atoms with Gasteiger partial charge in [0.15, 0.2) is 6.20 Å². The molecule has 0 bridgehead atoms. The molecule has 37 heavy (non-hydrogen) atoms. The molecular weight excluding hydrogens is 448 g/mol. The van der Waals surface area contributed by atoms with Gasteiger partial charge in [0.2, 0.25) is 5.69 Å². The van der Waals surface area contributed by atoms with E-state index in [4.69, 9.17) is 4.98 Å². The highest BCUT2D eigenvalue weighted by molar-refractivity contribution is 5.86. The van der Waals surface area contributed by atoms with Gasteiger partial charge in [0, 0.05) is 16.5 Å². The minimum absolute atomic E-state index is 0.0569. The van der Waals surface area contributed by atoms with Crippen LogP contribution < -0.4 is 4.57 Å². The Bertz CT molecular complexity index is 1670. The van der Waals surface area contributed by atoms with Crippen LogP contribution in [0.5, 0.6) is 0 Å². The Morgan fingerprint density at radius 3 is 2.05 bits per heavy atom. The van der Waals surface area contributed by atoms with Gasteiger partial charge in [-0.1, -0.05) is 97.8 Å². The maximum Gasteiger partial charge on any atom is 0.239 e. The molecule has 2 nitrogen and oxygen atoms in total. The molecule has 182 valence electrons. The minimum atomic E-state index is -0.0569. The molecule has 5 aromatic rings. The number of benzene rings is 4. The Labute approximate surface area is 220 Å². The molecule has 2 heteroatoms. The highest BCUT2D eigenvalue weighted by Gasteiger charge is 2.36. The Morgan fingerprint density at radius 2 is 1.30 bits per heavy atom. The summed E-state index contributed by atoms with van der Waals surface area (Å²) in [5.41, 5.74) is 15.8. The molecule has 0 N–H and O–H groups in total. The first-order valence-corrected chi connectivity index (χ1v) is 13.0. The second-order valence-corrected chi connectivity index (χ2v) is 11.0. The van der Waals surface area contributed by atoms with E-state index in [2.05, 4.69) is 137 Å². The summed E-state index contributed by atoms with van der Waals surface area (Å²) in [7, 11) is 2.14. The van der Waals surface area contributed by atoms with Gasteiger partial charge in [-0.25, -0.2) is 4.98 Å². The third-order valence-corrected chi connectivity index (χ3v) is 7.97. The van der Waals surface area contributed by atoms with Gasteiger partial charge >= 0.3 is 0 Å². The lowest BCUT2D eigenvalue weighted by atomic mass is 9.81. The van der Waals surface area contributed by atoms with Crippen LogP contribution in [-0.2, 0) is 12.5 Å². The largest absolute Gasteiger partial charge is 0.239 e. The topological polar surface area (TPSA) is 16.8 Å². The van der Waals surface area contributed by atoms with Crippen molar-refractivity contribution in [2.75, 3.05) is 0 Å². The molecule has 0 aliphatic heterocycles. The first-order valence-electron chi connectivity index (χ1n) is 13.0. The first kappa shape index (κ1) is 23.4. The highest BCUT2D eigenvalue weighted by atomic mass is 15.0. The van der Waals surface area contributed by atoms with Crippen molar-refractivity contribution in [2.24, 2.45) is 7.05 Å². The number of rotatable bonds is 3. The van der Waals surface area contributed by atoms with Crippen molar-refractivity contribution >= 4 is 0 Å². The van der Waals surface area contributed by atoms with E-state index >= 15 is 0 Å². The van der Waals surface area contributed by atoms with Crippen molar-refractivity contribution in [1.29, 1.82) is 0 Å². The van der Waals surface area contributed by atoms with Gasteiger partial charge in [0.1, 0.15) is 18.4 Å². The van der Waals surface area contributed by atoms with E-state index in [1.165, 1.54) is 44.5 Å². The molecule has 1 heterocycles. The molecule has 0 spiro atoms. The molecule has 0 unspecified atom stereocenters. The molecule has 0 atom stereocenters. The Hall–Kier alpha value is -4.04. The normalized spacial score (nSPS) is 13.4. The summed E-state index contributed by atoms with van der Waals surface area (Å²) in [6.45, 7) is 11.1. The number of hydrogen-bond donors (Lipinski definition) is 0. The molecular formula is C35H33N2+. The van der Waals surface area contributed by atoms with Gasteiger partial charge in [0.05, 0.1) is 5.56 Å². The SMILES string of the molecule is Cc1ccc(-c2c[n+](C)c(-c3ccc(C)cc3C)c(-c3ccc4c(c3)C(C)(C)c3ccccc3-4)n2)cc1. The van der Waals surface area contributed by atoms with Crippen LogP contribution >= 0.6 is 0 Å². The van der Waals surface area contributed by atoms with Crippen molar-refractivity contribution < 1.29 is 4.57 Å². The molecule has 4 aromatic carbocycles. The second-order valence-electron chi connectivity index (χ2n) is 11.0. The lowest BCUT2D eigenvalue weighted by Crippen LogP contribution is -2.32. The van der Waals surface area contributed by atoms with Crippen LogP contribution in [-0.4, -0.2) is 4.98 Å². The van der Waals surface area contributed by atoms with E-state index in [0.29, 0.717) is 0 Å². The van der Waals surface area contributed by atoms with Crippen molar-refractivity contribution in [1.82, 2.24) is 4.98 Å².